The van der Waals surface area contributed by atoms with E-state index in [0.717, 1.165) is 6.42 Å². The summed E-state index contributed by atoms with van der Waals surface area (Å²) in [6, 6.07) is 0.0893. The molecule has 1 aliphatic heterocycles. The van der Waals surface area contributed by atoms with E-state index in [-0.39, 0.29) is 23.3 Å². The highest BCUT2D eigenvalue weighted by molar-refractivity contribution is 5.86. The van der Waals surface area contributed by atoms with Crippen molar-refractivity contribution < 1.29 is 9.59 Å². The molecule has 0 bridgehead atoms. The van der Waals surface area contributed by atoms with Crippen LogP contribution in [-0.2, 0) is 9.59 Å². The fourth-order valence-corrected chi connectivity index (χ4v) is 1.77. The zero-order valence-electron chi connectivity index (χ0n) is 8.55. The second kappa shape index (κ2) is 3.01. The van der Waals surface area contributed by atoms with Gasteiger partial charge in [-0.2, -0.15) is 0 Å². The Balaban J connectivity index is 2.76. The molecule has 1 saturated heterocycles. The molecule has 0 radical (unpaired) electrons. The molecule has 1 rings (SSSR count). The number of nitrogens with one attached hydrogen (secondary N) is 1. The number of rotatable bonds is 1. The van der Waals surface area contributed by atoms with Gasteiger partial charge in [-0.3, -0.25) is 20.0 Å². The molecule has 1 heterocycles. The van der Waals surface area contributed by atoms with Crippen molar-refractivity contribution in [3.63, 3.8) is 0 Å². The average Bonchev–Trinajstić information content (AvgIpc) is 2.12. The molecule has 1 fully saturated rings. The van der Waals surface area contributed by atoms with Gasteiger partial charge in [0.05, 0.1) is 6.04 Å². The van der Waals surface area contributed by atoms with Gasteiger partial charge in [0.1, 0.15) is 0 Å². The summed E-state index contributed by atoms with van der Waals surface area (Å²) in [7, 11) is 0. The molecule has 0 spiro atoms. The van der Waals surface area contributed by atoms with Gasteiger partial charge in [-0.1, -0.05) is 13.8 Å². The lowest BCUT2D eigenvalue weighted by Crippen LogP contribution is -2.47. The minimum absolute atomic E-state index is 0.00444. The molecule has 1 aliphatic rings. The molecule has 0 aliphatic carbocycles. The molecule has 13 heavy (non-hydrogen) atoms. The third kappa shape index (κ3) is 1.82. The van der Waals surface area contributed by atoms with Crippen LogP contribution in [0.1, 0.15) is 34.1 Å². The molecule has 2 amide bonds. The fourth-order valence-electron chi connectivity index (χ4n) is 1.77. The lowest BCUT2D eigenvalue weighted by atomic mass is 9.90. The van der Waals surface area contributed by atoms with Gasteiger partial charge in [0.2, 0.25) is 11.8 Å². The highest BCUT2D eigenvalue weighted by Gasteiger charge is 2.43. The van der Waals surface area contributed by atoms with Crippen LogP contribution in [0.4, 0.5) is 0 Å². The Morgan fingerprint density at radius 2 is 2.15 bits per heavy atom. The molecule has 0 aromatic heterocycles. The van der Waals surface area contributed by atoms with Gasteiger partial charge < -0.3 is 0 Å². The Hall–Kier alpha value is -1.06. The van der Waals surface area contributed by atoms with Gasteiger partial charge in [-0.05, 0) is 13.3 Å². The molecular formula is C9H16N2O2. The maximum Gasteiger partial charge on any atom is 0.246 e. The topological polar surface area (TPSA) is 49.4 Å². The number of hydrazine groups is 1. The average molecular weight is 184 g/mol. The fraction of sp³-hybridized carbons (Fsp3) is 0.778. The van der Waals surface area contributed by atoms with Crippen LogP contribution in [0.2, 0.25) is 0 Å². The van der Waals surface area contributed by atoms with Gasteiger partial charge in [0.25, 0.3) is 0 Å². The van der Waals surface area contributed by atoms with E-state index < -0.39 is 0 Å². The Bertz CT molecular complexity index is 248. The van der Waals surface area contributed by atoms with E-state index in [0.29, 0.717) is 0 Å². The van der Waals surface area contributed by atoms with Crippen LogP contribution in [0.25, 0.3) is 0 Å². The molecule has 4 nitrogen and oxygen atoms in total. The van der Waals surface area contributed by atoms with E-state index in [1.54, 1.807) is 0 Å². The van der Waals surface area contributed by atoms with Gasteiger partial charge in [0.15, 0.2) is 0 Å². The highest BCUT2D eigenvalue weighted by Crippen LogP contribution is 2.33. The van der Waals surface area contributed by atoms with Gasteiger partial charge >= 0.3 is 0 Å². The first-order valence-electron chi connectivity index (χ1n) is 4.45. The van der Waals surface area contributed by atoms with E-state index in [1.807, 2.05) is 20.8 Å². The smallest absolute Gasteiger partial charge is 0.246 e. The van der Waals surface area contributed by atoms with Crippen molar-refractivity contribution in [2.75, 3.05) is 0 Å². The zero-order valence-corrected chi connectivity index (χ0v) is 8.55. The second-order valence-corrected chi connectivity index (χ2v) is 4.28. The number of carbonyl (C=O) groups excluding carboxylic acids is 2. The van der Waals surface area contributed by atoms with Gasteiger partial charge in [-0.25, -0.2) is 0 Å². The van der Waals surface area contributed by atoms with Crippen LogP contribution in [0.5, 0.6) is 0 Å². The minimum Gasteiger partial charge on any atom is -0.274 e. The summed E-state index contributed by atoms with van der Waals surface area (Å²) in [4.78, 5) is 22.5. The first-order valence-corrected chi connectivity index (χ1v) is 4.45. The number of hydrogen-bond donors (Lipinski definition) is 1. The van der Waals surface area contributed by atoms with Crippen LogP contribution in [0.3, 0.4) is 0 Å². The largest absolute Gasteiger partial charge is 0.274 e. The third-order valence-corrected chi connectivity index (χ3v) is 2.32. The van der Waals surface area contributed by atoms with Crippen molar-refractivity contribution in [1.82, 2.24) is 10.4 Å². The number of hydrogen-bond acceptors (Lipinski definition) is 2. The van der Waals surface area contributed by atoms with Crippen molar-refractivity contribution >= 4 is 11.8 Å². The lowest BCUT2D eigenvalue weighted by molar-refractivity contribution is -0.143. The maximum absolute atomic E-state index is 11.7. The monoisotopic (exact) mass is 184 g/mol. The van der Waals surface area contributed by atoms with E-state index >= 15 is 0 Å². The Morgan fingerprint density at radius 1 is 1.62 bits per heavy atom. The van der Waals surface area contributed by atoms with E-state index in [4.69, 9.17) is 0 Å². The Kier molecular flexibility index (Phi) is 2.32. The molecule has 0 aromatic carbocycles. The molecule has 1 unspecified atom stereocenters. The van der Waals surface area contributed by atoms with E-state index in [2.05, 4.69) is 5.43 Å². The number of carbonyl (C=O) groups is 2. The molecule has 0 saturated carbocycles. The highest BCUT2D eigenvalue weighted by atomic mass is 16.2. The normalized spacial score (nSPS) is 26.3. The van der Waals surface area contributed by atoms with Gasteiger partial charge in [0, 0.05) is 12.3 Å². The summed E-state index contributed by atoms with van der Waals surface area (Å²) < 4.78 is 0. The standard InChI is InChI=1S/C9H16N2O2/c1-6-5-9(3,4)8(13)11(6)10-7(2)12/h6H,5H2,1-4H3,(H,10,12). The first kappa shape index (κ1) is 10.0. The quantitative estimate of drug-likeness (QED) is 0.651. The minimum atomic E-state index is -0.345. The van der Waals surface area contributed by atoms with Crippen molar-refractivity contribution in [1.29, 1.82) is 0 Å². The van der Waals surface area contributed by atoms with Crippen LogP contribution in [0.15, 0.2) is 0 Å². The Labute approximate surface area is 78.3 Å². The first-order chi connectivity index (χ1) is 5.84. The summed E-state index contributed by atoms with van der Waals surface area (Å²) in [6.07, 6.45) is 0.784. The van der Waals surface area contributed by atoms with Crippen LogP contribution >= 0.6 is 0 Å². The zero-order chi connectivity index (χ0) is 10.2. The summed E-state index contributed by atoms with van der Waals surface area (Å²) >= 11 is 0. The van der Waals surface area contributed by atoms with Gasteiger partial charge in [-0.15, -0.1) is 0 Å². The van der Waals surface area contributed by atoms with E-state index in [9.17, 15) is 9.59 Å². The Morgan fingerprint density at radius 3 is 2.46 bits per heavy atom. The second-order valence-electron chi connectivity index (χ2n) is 4.28. The van der Waals surface area contributed by atoms with Crippen molar-refractivity contribution in [2.24, 2.45) is 5.41 Å². The van der Waals surface area contributed by atoms with Crippen molar-refractivity contribution in [2.45, 2.75) is 40.2 Å². The summed E-state index contributed by atoms with van der Waals surface area (Å²) in [5, 5.41) is 1.43. The molecular weight excluding hydrogens is 168 g/mol. The summed E-state index contributed by atoms with van der Waals surface area (Å²) in [5.74, 6) is -0.201. The molecule has 4 heteroatoms. The van der Waals surface area contributed by atoms with Crippen molar-refractivity contribution in [3.05, 3.63) is 0 Å². The predicted octanol–water partition coefficient (Wildman–Crippen LogP) is 0.684. The maximum atomic E-state index is 11.7. The predicted molar refractivity (Wildman–Crippen MR) is 48.5 cm³/mol. The lowest BCUT2D eigenvalue weighted by Gasteiger charge is -2.22. The molecule has 1 N–H and O–H groups in total. The molecule has 1 atom stereocenters. The SMILES string of the molecule is CC(=O)NN1C(=O)C(C)(C)CC1C. The van der Waals surface area contributed by atoms with E-state index in [1.165, 1.54) is 11.9 Å². The number of nitrogens with zero attached hydrogens (tertiary/aromatic N) is 1. The molecule has 0 aromatic rings. The van der Waals surface area contributed by atoms with Crippen LogP contribution in [0, 0.1) is 5.41 Å². The molecule has 74 valence electrons. The summed E-state index contributed by atoms with van der Waals surface area (Å²) in [5.41, 5.74) is 2.20. The number of amides is 2. The van der Waals surface area contributed by atoms with Crippen LogP contribution in [-0.4, -0.2) is 22.9 Å². The third-order valence-electron chi connectivity index (χ3n) is 2.32. The van der Waals surface area contributed by atoms with Crippen LogP contribution < -0.4 is 5.43 Å². The summed E-state index contributed by atoms with van der Waals surface area (Å²) in [6.45, 7) is 7.13. The van der Waals surface area contributed by atoms with Crippen molar-refractivity contribution in [3.8, 4) is 0 Å².